The van der Waals surface area contributed by atoms with Crippen molar-refractivity contribution in [1.82, 2.24) is 20.0 Å². The second-order valence-corrected chi connectivity index (χ2v) is 5.92. The Balaban J connectivity index is 1.40. The van der Waals surface area contributed by atoms with Gasteiger partial charge in [0.05, 0.1) is 12.7 Å². The van der Waals surface area contributed by atoms with E-state index in [1.807, 2.05) is 16.9 Å². The van der Waals surface area contributed by atoms with Crippen molar-refractivity contribution in [2.45, 2.75) is 32.0 Å². The van der Waals surface area contributed by atoms with E-state index in [1.165, 1.54) is 24.0 Å². The van der Waals surface area contributed by atoms with E-state index >= 15 is 0 Å². The molecule has 0 unspecified atom stereocenters. The molecule has 0 saturated heterocycles. The zero-order chi connectivity index (χ0) is 14.5. The lowest BCUT2D eigenvalue weighted by atomic mass is 10.2. The third-order valence-electron chi connectivity index (χ3n) is 4.01. The molecule has 1 aliphatic rings. The molecular formula is C17H24N4. The van der Waals surface area contributed by atoms with Gasteiger partial charge in [-0.05, 0) is 25.5 Å². The van der Waals surface area contributed by atoms with E-state index in [2.05, 4.69) is 52.8 Å². The van der Waals surface area contributed by atoms with Gasteiger partial charge in [0.1, 0.15) is 0 Å². The summed E-state index contributed by atoms with van der Waals surface area (Å²) in [6.45, 7) is 3.90. The van der Waals surface area contributed by atoms with E-state index < -0.39 is 0 Å². The Morgan fingerprint density at radius 1 is 1.24 bits per heavy atom. The topological polar surface area (TPSA) is 33.1 Å². The molecule has 0 spiro atoms. The van der Waals surface area contributed by atoms with Crippen molar-refractivity contribution < 1.29 is 0 Å². The summed E-state index contributed by atoms with van der Waals surface area (Å²) in [5.74, 6) is 0. The lowest BCUT2D eigenvalue weighted by Crippen LogP contribution is -2.30. The Morgan fingerprint density at radius 3 is 2.81 bits per heavy atom. The molecule has 1 aliphatic carbocycles. The molecule has 1 fully saturated rings. The predicted molar refractivity (Wildman–Crippen MR) is 85.1 cm³/mol. The van der Waals surface area contributed by atoms with E-state index in [-0.39, 0.29) is 0 Å². The minimum Gasteiger partial charge on any atom is -0.311 e. The highest BCUT2D eigenvalue weighted by Crippen LogP contribution is 2.24. The van der Waals surface area contributed by atoms with Crippen molar-refractivity contribution in [2.75, 3.05) is 20.1 Å². The highest BCUT2D eigenvalue weighted by atomic mass is 15.3. The van der Waals surface area contributed by atoms with Crippen LogP contribution >= 0.6 is 0 Å². The molecule has 1 heterocycles. The van der Waals surface area contributed by atoms with Gasteiger partial charge in [0, 0.05) is 37.4 Å². The van der Waals surface area contributed by atoms with Crippen LogP contribution < -0.4 is 5.32 Å². The number of benzene rings is 1. The predicted octanol–water partition coefficient (Wildman–Crippen LogP) is 2.12. The molecule has 0 bridgehead atoms. The van der Waals surface area contributed by atoms with Gasteiger partial charge in [0.25, 0.3) is 0 Å². The molecule has 1 saturated carbocycles. The maximum atomic E-state index is 4.43. The monoisotopic (exact) mass is 284 g/mol. The first-order chi connectivity index (χ1) is 10.3. The molecule has 112 valence electrons. The lowest BCUT2D eigenvalue weighted by molar-refractivity contribution is 0.321. The highest BCUT2D eigenvalue weighted by molar-refractivity contribution is 5.15. The van der Waals surface area contributed by atoms with E-state index in [9.17, 15) is 0 Å². The van der Waals surface area contributed by atoms with Crippen molar-refractivity contribution in [3.05, 3.63) is 53.9 Å². The van der Waals surface area contributed by atoms with Gasteiger partial charge in [-0.3, -0.25) is 4.68 Å². The van der Waals surface area contributed by atoms with Gasteiger partial charge in [-0.25, -0.2) is 0 Å². The molecule has 1 aromatic heterocycles. The first-order valence-corrected chi connectivity index (χ1v) is 7.77. The van der Waals surface area contributed by atoms with Gasteiger partial charge in [0.15, 0.2) is 0 Å². The van der Waals surface area contributed by atoms with Crippen molar-refractivity contribution in [2.24, 2.45) is 0 Å². The summed E-state index contributed by atoms with van der Waals surface area (Å²) in [5.41, 5.74) is 2.53. The molecule has 1 aromatic carbocycles. The average Bonchev–Trinajstić information content (AvgIpc) is 3.27. The number of hydrogen-bond acceptors (Lipinski definition) is 3. The first-order valence-electron chi connectivity index (χ1n) is 7.77. The second-order valence-electron chi connectivity index (χ2n) is 5.92. The minimum atomic E-state index is 0.839. The smallest absolute Gasteiger partial charge is 0.0659 e. The fraction of sp³-hybridized carbons (Fsp3) is 0.471. The number of nitrogens with one attached hydrogen (secondary N) is 1. The van der Waals surface area contributed by atoms with Crippen LogP contribution in [0.3, 0.4) is 0 Å². The molecule has 0 aliphatic heterocycles. The average molecular weight is 284 g/mol. The van der Waals surface area contributed by atoms with Gasteiger partial charge < -0.3 is 10.2 Å². The molecule has 2 aromatic rings. The lowest BCUT2D eigenvalue weighted by Gasteiger charge is -2.15. The first kappa shape index (κ1) is 14.3. The van der Waals surface area contributed by atoms with E-state index in [0.717, 1.165) is 32.2 Å². The summed E-state index contributed by atoms with van der Waals surface area (Å²) >= 11 is 0. The van der Waals surface area contributed by atoms with Crippen molar-refractivity contribution in [1.29, 1.82) is 0 Å². The van der Waals surface area contributed by atoms with Crippen LogP contribution in [0.2, 0.25) is 0 Å². The summed E-state index contributed by atoms with van der Waals surface area (Å²) in [6, 6.07) is 11.3. The zero-order valence-electron chi connectivity index (χ0n) is 12.7. The quantitative estimate of drug-likeness (QED) is 0.754. The van der Waals surface area contributed by atoms with Crippen LogP contribution in [0, 0.1) is 0 Å². The van der Waals surface area contributed by atoms with Crippen LogP contribution in [-0.2, 0) is 13.1 Å². The van der Waals surface area contributed by atoms with Gasteiger partial charge in [-0.15, -0.1) is 0 Å². The summed E-state index contributed by atoms with van der Waals surface area (Å²) in [6.07, 6.45) is 6.84. The normalized spacial score (nSPS) is 14.8. The van der Waals surface area contributed by atoms with Crippen molar-refractivity contribution >= 4 is 0 Å². The molecule has 0 radical (unpaired) electrons. The SMILES string of the molecule is CN(CCNCc1cnn(Cc2ccccc2)c1)C1CC1. The third kappa shape index (κ3) is 4.41. The summed E-state index contributed by atoms with van der Waals surface area (Å²) < 4.78 is 2.00. The molecule has 0 atom stereocenters. The molecular weight excluding hydrogens is 260 g/mol. The summed E-state index contributed by atoms with van der Waals surface area (Å²) in [5, 5.41) is 7.93. The number of likely N-dealkylation sites (N-methyl/N-ethyl adjacent to an activating group) is 1. The van der Waals surface area contributed by atoms with Crippen molar-refractivity contribution in [3.63, 3.8) is 0 Å². The number of nitrogens with zero attached hydrogens (tertiary/aromatic N) is 3. The number of rotatable bonds is 8. The Hall–Kier alpha value is -1.65. The fourth-order valence-electron chi connectivity index (χ4n) is 2.54. The molecule has 21 heavy (non-hydrogen) atoms. The third-order valence-corrected chi connectivity index (χ3v) is 4.01. The molecule has 4 heteroatoms. The molecule has 4 nitrogen and oxygen atoms in total. The fourth-order valence-corrected chi connectivity index (χ4v) is 2.54. The number of aromatic nitrogens is 2. The van der Waals surface area contributed by atoms with Gasteiger partial charge >= 0.3 is 0 Å². The van der Waals surface area contributed by atoms with Crippen LogP contribution in [0.15, 0.2) is 42.7 Å². The highest BCUT2D eigenvalue weighted by Gasteiger charge is 2.25. The van der Waals surface area contributed by atoms with Gasteiger partial charge in [-0.1, -0.05) is 30.3 Å². The minimum absolute atomic E-state index is 0.839. The molecule has 0 amide bonds. The Morgan fingerprint density at radius 2 is 2.05 bits per heavy atom. The number of hydrogen-bond donors (Lipinski definition) is 1. The van der Waals surface area contributed by atoms with Crippen LogP contribution in [0.1, 0.15) is 24.0 Å². The zero-order valence-corrected chi connectivity index (χ0v) is 12.7. The Labute approximate surface area is 126 Å². The maximum absolute atomic E-state index is 4.43. The Bertz CT molecular complexity index is 545. The largest absolute Gasteiger partial charge is 0.311 e. The second kappa shape index (κ2) is 6.87. The molecule has 3 rings (SSSR count). The standard InChI is InChI=1S/C17H24N4/c1-20(17-7-8-17)10-9-18-11-16-12-19-21(14-16)13-15-5-3-2-4-6-15/h2-6,12,14,17-18H,7-11,13H2,1H3. The Kier molecular flexibility index (Phi) is 4.68. The van der Waals surface area contributed by atoms with Crippen LogP contribution in [0.4, 0.5) is 0 Å². The van der Waals surface area contributed by atoms with E-state index in [4.69, 9.17) is 0 Å². The van der Waals surface area contributed by atoms with Crippen molar-refractivity contribution in [3.8, 4) is 0 Å². The van der Waals surface area contributed by atoms with Crippen LogP contribution in [0.25, 0.3) is 0 Å². The van der Waals surface area contributed by atoms with E-state index in [1.54, 1.807) is 0 Å². The summed E-state index contributed by atoms with van der Waals surface area (Å²) in [4.78, 5) is 2.45. The van der Waals surface area contributed by atoms with Gasteiger partial charge in [0.2, 0.25) is 0 Å². The maximum Gasteiger partial charge on any atom is 0.0659 e. The van der Waals surface area contributed by atoms with Crippen LogP contribution in [-0.4, -0.2) is 40.9 Å². The summed E-state index contributed by atoms with van der Waals surface area (Å²) in [7, 11) is 2.22. The molecule has 1 N–H and O–H groups in total. The van der Waals surface area contributed by atoms with Gasteiger partial charge in [-0.2, -0.15) is 5.10 Å². The van der Waals surface area contributed by atoms with E-state index in [0.29, 0.717) is 0 Å². The van der Waals surface area contributed by atoms with Crippen LogP contribution in [0.5, 0.6) is 0 Å².